The summed E-state index contributed by atoms with van der Waals surface area (Å²) in [5, 5.41) is 22.2. The number of aliphatic hydroxyl groups is 2. The van der Waals surface area contributed by atoms with Gasteiger partial charge in [-0.05, 0) is 122 Å². The van der Waals surface area contributed by atoms with Crippen LogP contribution in [-0.4, -0.2) is 22.9 Å². The normalized spacial score (nSPS) is 56.5. The highest BCUT2D eigenvalue weighted by Crippen LogP contribution is 2.77. The van der Waals surface area contributed by atoms with E-state index in [4.69, 9.17) is 0 Å². The second-order valence-corrected chi connectivity index (χ2v) is 14.6. The van der Waals surface area contributed by atoms with Gasteiger partial charge >= 0.3 is 0 Å². The van der Waals surface area contributed by atoms with Gasteiger partial charge in [0, 0.05) is 12.0 Å². The van der Waals surface area contributed by atoms with E-state index in [9.17, 15) is 10.2 Å². The van der Waals surface area contributed by atoms with Crippen LogP contribution in [0.1, 0.15) is 106 Å². The Morgan fingerprint density at radius 2 is 1.56 bits per heavy atom. The molecule has 5 aliphatic rings. The van der Waals surface area contributed by atoms with Crippen molar-refractivity contribution in [2.45, 2.75) is 112 Å². The third-order valence-electron chi connectivity index (χ3n) is 13.4. The molecule has 2 heteroatoms. The van der Waals surface area contributed by atoms with E-state index in [1.54, 1.807) is 0 Å². The van der Waals surface area contributed by atoms with Crippen LogP contribution >= 0.6 is 0 Å². The van der Waals surface area contributed by atoms with Gasteiger partial charge < -0.3 is 10.2 Å². The Balaban J connectivity index is 1.57. The van der Waals surface area contributed by atoms with Crippen molar-refractivity contribution in [3.8, 4) is 0 Å². The summed E-state index contributed by atoms with van der Waals surface area (Å²) < 4.78 is 0. The maximum absolute atomic E-state index is 11.3. The molecule has 0 bridgehead atoms. The lowest BCUT2D eigenvalue weighted by atomic mass is 9.32. The number of allylic oxidation sites excluding steroid dienone is 1. The summed E-state index contributed by atoms with van der Waals surface area (Å²) in [6, 6.07) is 0. The minimum atomic E-state index is -0.168. The van der Waals surface area contributed by atoms with Gasteiger partial charge in [-0.15, -0.1) is 0 Å². The molecule has 2 nitrogen and oxygen atoms in total. The van der Waals surface area contributed by atoms with Crippen LogP contribution in [0.5, 0.6) is 0 Å². The van der Waals surface area contributed by atoms with E-state index >= 15 is 0 Å². The average molecular weight is 443 g/mol. The van der Waals surface area contributed by atoms with Crippen molar-refractivity contribution in [2.75, 3.05) is 6.61 Å². The third kappa shape index (κ3) is 2.66. The molecule has 0 amide bonds. The molecule has 182 valence electrons. The van der Waals surface area contributed by atoms with E-state index < -0.39 is 0 Å². The second kappa shape index (κ2) is 7.09. The number of rotatable bonds is 2. The molecule has 5 aliphatic carbocycles. The van der Waals surface area contributed by atoms with Crippen LogP contribution in [0.4, 0.5) is 0 Å². The molecule has 0 saturated heterocycles. The summed E-state index contributed by atoms with van der Waals surface area (Å²) in [4.78, 5) is 0. The van der Waals surface area contributed by atoms with Crippen molar-refractivity contribution < 1.29 is 10.2 Å². The van der Waals surface area contributed by atoms with E-state index in [1.165, 1.54) is 56.9 Å². The summed E-state index contributed by atoms with van der Waals surface area (Å²) >= 11 is 0. The van der Waals surface area contributed by atoms with Crippen LogP contribution in [0.15, 0.2) is 12.2 Å². The molecule has 0 aromatic rings. The van der Waals surface area contributed by atoms with E-state index in [-0.39, 0.29) is 27.8 Å². The summed E-state index contributed by atoms with van der Waals surface area (Å²) in [5.41, 5.74) is 2.38. The quantitative estimate of drug-likeness (QED) is 0.452. The third-order valence-corrected chi connectivity index (χ3v) is 13.4. The van der Waals surface area contributed by atoms with Crippen LogP contribution in [0.2, 0.25) is 0 Å². The first-order valence-corrected chi connectivity index (χ1v) is 13.8. The zero-order valence-corrected chi connectivity index (χ0v) is 21.8. The van der Waals surface area contributed by atoms with Crippen molar-refractivity contribution in [1.29, 1.82) is 0 Å². The topological polar surface area (TPSA) is 40.5 Å². The first-order valence-electron chi connectivity index (χ1n) is 13.8. The fourth-order valence-corrected chi connectivity index (χ4v) is 11.6. The van der Waals surface area contributed by atoms with Gasteiger partial charge in [0.15, 0.2) is 0 Å². The molecule has 10 atom stereocenters. The Kier molecular flexibility index (Phi) is 5.19. The van der Waals surface area contributed by atoms with Gasteiger partial charge in [0.05, 0.1) is 6.10 Å². The van der Waals surface area contributed by atoms with Gasteiger partial charge in [0.25, 0.3) is 0 Å². The van der Waals surface area contributed by atoms with Crippen LogP contribution in [-0.2, 0) is 0 Å². The maximum Gasteiger partial charge on any atom is 0.0594 e. The molecular formula is C30H50O2. The van der Waals surface area contributed by atoms with Gasteiger partial charge in [-0.3, -0.25) is 0 Å². The minimum absolute atomic E-state index is 0.000800. The Morgan fingerprint density at radius 1 is 0.844 bits per heavy atom. The molecule has 2 N–H and O–H groups in total. The van der Waals surface area contributed by atoms with Gasteiger partial charge in [0.1, 0.15) is 0 Å². The highest BCUT2D eigenvalue weighted by molar-refractivity contribution is 5.21. The van der Waals surface area contributed by atoms with Crippen molar-refractivity contribution in [3.63, 3.8) is 0 Å². The maximum atomic E-state index is 11.3. The van der Waals surface area contributed by atoms with E-state index in [0.717, 1.165) is 12.8 Å². The van der Waals surface area contributed by atoms with Crippen LogP contribution < -0.4 is 0 Å². The zero-order valence-electron chi connectivity index (χ0n) is 21.8. The van der Waals surface area contributed by atoms with Crippen molar-refractivity contribution in [1.82, 2.24) is 0 Å². The predicted molar refractivity (Wildman–Crippen MR) is 132 cm³/mol. The molecular weight excluding hydrogens is 392 g/mol. The average Bonchev–Trinajstić information content (AvgIpc) is 3.08. The largest absolute Gasteiger partial charge is 0.396 e. The lowest BCUT2D eigenvalue weighted by Crippen LogP contribution is -2.68. The number of hydrogen-bond donors (Lipinski definition) is 2. The molecule has 0 aromatic heterocycles. The summed E-state index contributed by atoms with van der Waals surface area (Å²) in [5.74, 6) is 3.24. The summed E-state index contributed by atoms with van der Waals surface area (Å²) in [6.07, 6.45) is 12.1. The van der Waals surface area contributed by atoms with Gasteiger partial charge in [-0.2, -0.15) is 0 Å². The van der Waals surface area contributed by atoms with Crippen molar-refractivity contribution >= 4 is 0 Å². The zero-order chi connectivity index (χ0) is 23.3. The Morgan fingerprint density at radius 3 is 2.22 bits per heavy atom. The minimum Gasteiger partial charge on any atom is -0.396 e. The molecule has 0 heterocycles. The smallest absolute Gasteiger partial charge is 0.0594 e. The molecule has 0 aliphatic heterocycles. The highest BCUT2D eigenvalue weighted by atomic mass is 16.3. The first-order chi connectivity index (χ1) is 14.9. The number of aliphatic hydroxyl groups excluding tert-OH is 2. The molecule has 32 heavy (non-hydrogen) atoms. The molecule has 0 spiro atoms. The molecule has 5 rings (SSSR count). The van der Waals surface area contributed by atoms with E-state index in [2.05, 4.69) is 48.1 Å². The fourth-order valence-electron chi connectivity index (χ4n) is 11.6. The Hall–Kier alpha value is -0.340. The second-order valence-electron chi connectivity index (χ2n) is 14.6. The van der Waals surface area contributed by atoms with E-state index in [1.807, 2.05) is 0 Å². The van der Waals surface area contributed by atoms with Gasteiger partial charge in [0.2, 0.25) is 0 Å². The molecule has 5 saturated carbocycles. The molecule has 0 radical (unpaired) electrons. The molecule has 0 aromatic carbocycles. The van der Waals surface area contributed by atoms with Crippen LogP contribution in [0.25, 0.3) is 0 Å². The lowest BCUT2D eigenvalue weighted by Gasteiger charge is -2.73. The van der Waals surface area contributed by atoms with Crippen molar-refractivity contribution in [3.05, 3.63) is 12.2 Å². The van der Waals surface area contributed by atoms with Crippen LogP contribution in [0.3, 0.4) is 0 Å². The number of fused-ring (bicyclic) bond motifs is 7. The SMILES string of the molecule is C=C(C)[C@@H]1CC[C@]2(C)CC[C@]3(CO)[C@H](CC[C@H]4[C@@]5(C)CC[C@@H](O)C(C)(C)[C@@H]5CC[C@]43C)[C@@H]12. The van der Waals surface area contributed by atoms with Crippen LogP contribution in [0, 0.1) is 56.7 Å². The van der Waals surface area contributed by atoms with Gasteiger partial charge in [-0.1, -0.05) is 46.8 Å². The first kappa shape index (κ1) is 23.4. The predicted octanol–water partition coefficient (Wildman–Crippen LogP) is 7.00. The van der Waals surface area contributed by atoms with Crippen molar-refractivity contribution in [2.24, 2.45) is 56.7 Å². The van der Waals surface area contributed by atoms with E-state index in [0.29, 0.717) is 41.6 Å². The summed E-state index contributed by atoms with van der Waals surface area (Å²) in [7, 11) is 0. The monoisotopic (exact) mass is 442 g/mol. The summed E-state index contributed by atoms with van der Waals surface area (Å²) in [6.45, 7) is 19.5. The number of hydrogen-bond acceptors (Lipinski definition) is 2. The molecule has 5 fully saturated rings. The fraction of sp³-hybridized carbons (Fsp3) is 0.933. The standard InChI is InChI=1S/C30H50O2/c1-19(2)20-10-13-27(5)16-17-30(18-31)21(25(20)27)8-9-23-28(6)14-12-24(32)26(3,4)22(28)11-15-29(23,30)7/h20-25,31-32H,1,8-18H2,2-7H3/t20-,21+,22-,23-,24+,25+,27+,28-,29+,30-/m0/s1. The molecule has 0 unspecified atom stereocenters. The van der Waals surface area contributed by atoms with Gasteiger partial charge in [-0.25, -0.2) is 0 Å². The Bertz CT molecular complexity index is 786. The highest BCUT2D eigenvalue weighted by Gasteiger charge is 2.71. The lowest BCUT2D eigenvalue weighted by molar-refractivity contribution is -0.260. The Labute approximate surface area is 197 Å².